The average Bonchev–Trinajstić information content (AvgIpc) is 2.41. The lowest BCUT2D eigenvalue weighted by molar-refractivity contribution is 0.421. The molecule has 0 saturated carbocycles. The van der Waals surface area contributed by atoms with Gasteiger partial charge in [0.2, 0.25) is 0 Å². The van der Waals surface area contributed by atoms with Crippen LogP contribution in [0.4, 0.5) is 4.39 Å². The van der Waals surface area contributed by atoms with Gasteiger partial charge in [0, 0.05) is 30.5 Å². The van der Waals surface area contributed by atoms with Gasteiger partial charge in [-0.1, -0.05) is 12.1 Å². The van der Waals surface area contributed by atoms with Gasteiger partial charge in [0.1, 0.15) is 0 Å². The summed E-state index contributed by atoms with van der Waals surface area (Å²) in [5.41, 5.74) is 1.65. The number of hydrogen-bond donors (Lipinski definition) is 2. The monoisotopic (exact) mass is 246 g/mol. The first-order chi connectivity index (χ1) is 8.68. The van der Waals surface area contributed by atoms with Gasteiger partial charge >= 0.3 is 0 Å². The van der Waals surface area contributed by atoms with Crippen LogP contribution in [0.5, 0.6) is 5.75 Å². The fraction of sp³-hybridized carbons (Fsp3) is 0.214. The highest BCUT2D eigenvalue weighted by atomic mass is 19.1. The first-order valence-electron chi connectivity index (χ1n) is 5.78. The van der Waals surface area contributed by atoms with E-state index in [1.807, 2.05) is 19.1 Å². The van der Waals surface area contributed by atoms with Gasteiger partial charge in [0.15, 0.2) is 11.6 Å². The number of rotatable bonds is 4. The average molecular weight is 246 g/mol. The van der Waals surface area contributed by atoms with Gasteiger partial charge in [-0.05, 0) is 30.7 Å². The lowest BCUT2D eigenvalue weighted by Crippen LogP contribution is -2.18. The standard InChI is InChI=1S/C14H15FN2O/c1-10(11-5-7-16-8-6-11)17-9-12-3-2-4-13(15)14(12)18/h2-8,10,17-18H,9H2,1H3. The molecule has 3 nitrogen and oxygen atoms in total. The molecule has 1 atom stereocenters. The molecule has 0 saturated heterocycles. The lowest BCUT2D eigenvalue weighted by Gasteiger charge is -2.14. The first-order valence-corrected chi connectivity index (χ1v) is 5.78. The summed E-state index contributed by atoms with van der Waals surface area (Å²) >= 11 is 0. The summed E-state index contributed by atoms with van der Waals surface area (Å²) in [5.74, 6) is -0.877. The highest BCUT2D eigenvalue weighted by Gasteiger charge is 2.08. The molecule has 1 heterocycles. The Labute approximate surface area is 105 Å². The summed E-state index contributed by atoms with van der Waals surface area (Å²) in [4.78, 5) is 3.95. The molecule has 0 aliphatic rings. The summed E-state index contributed by atoms with van der Waals surface area (Å²) in [6.07, 6.45) is 3.46. The van der Waals surface area contributed by atoms with Crippen molar-refractivity contribution in [3.05, 3.63) is 59.7 Å². The van der Waals surface area contributed by atoms with Crippen molar-refractivity contribution in [1.82, 2.24) is 10.3 Å². The summed E-state index contributed by atoms with van der Waals surface area (Å²) < 4.78 is 13.1. The highest BCUT2D eigenvalue weighted by Crippen LogP contribution is 2.21. The van der Waals surface area contributed by atoms with E-state index in [1.54, 1.807) is 24.5 Å². The molecule has 1 aromatic heterocycles. The van der Waals surface area contributed by atoms with Crippen molar-refractivity contribution < 1.29 is 9.50 Å². The zero-order valence-electron chi connectivity index (χ0n) is 10.1. The Morgan fingerprint density at radius 3 is 2.72 bits per heavy atom. The van der Waals surface area contributed by atoms with Crippen LogP contribution >= 0.6 is 0 Å². The smallest absolute Gasteiger partial charge is 0.165 e. The summed E-state index contributed by atoms with van der Waals surface area (Å²) in [6, 6.07) is 8.47. The van der Waals surface area contributed by atoms with E-state index in [1.165, 1.54) is 6.07 Å². The fourth-order valence-electron chi connectivity index (χ4n) is 1.74. The molecular formula is C14H15FN2O. The van der Waals surface area contributed by atoms with Crippen LogP contribution in [0.15, 0.2) is 42.7 Å². The van der Waals surface area contributed by atoms with Crippen molar-refractivity contribution in [2.45, 2.75) is 19.5 Å². The Balaban J connectivity index is 2.02. The van der Waals surface area contributed by atoms with Gasteiger partial charge < -0.3 is 10.4 Å². The van der Waals surface area contributed by atoms with Crippen molar-refractivity contribution in [3.8, 4) is 5.75 Å². The van der Waals surface area contributed by atoms with Gasteiger partial charge in [0.05, 0.1) is 0 Å². The van der Waals surface area contributed by atoms with Gasteiger partial charge in [-0.25, -0.2) is 4.39 Å². The maximum absolute atomic E-state index is 13.1. The maximum Gasteiger partial charge on any atom is 0.165 e. The highest BCUT2D eigenvalue weighted by molar-refractivity contribution is 5.33. The number of aromatic nitrogens is 1. The van der Waals surface area contributed by atoms with Gasteiger partial charge in [-0.3, -0.25) is 4.98 Å². The minimum atomic E-state index is -0.592. The zero-order chi connectivity index (χ0) is 13.0. The molecule has 2 N–H and O–H groups in total. The summed E-state index contributed by atoms with van der Waals surface area (Å²) in [6.45, 7) is 2.42. The van der Waals surface area contributed by atoms with Crippen molar-refractivity contribution >= 4 is 0 Å². The van der Waals surface area contributed by atoms with Gasteiger partial charge in [-0.15, -0.1) is 0 Å². The van der Waals surface area contributed by atoms with Crippen LogP contribution in [0.1, 0.15) is 24.1 Å². The molecule has 1 unspecified atom stereocenters. The molecule has 0 aliphatic carbocycles. The summed E-state index contributed by atoms with van der Waals surface area (Å²) in [7, 11) is 0. The number of nitrogens with one attached hydrogen (secondary N) is 1. The molecule has 0 spiro atoms. The number of halogens is 1. The predicted molar refractivity (Wildman–Crippen MR) is 67.6 cm³/mol. The molecular weight excluding hydrogens is 231 g/mol. The van der Waals surface area contributed by atoms with Crippen LogP contribution in [0.2, 0.25) is 0 Å². The van der Waals surface area contributed by atoms with Crippen molar-refractivity contribution in [2.75, 3.05) is 0 Å². The molecule has 0 bridgehead atoms. The van der Waals surface area contributed by atoms with Crippen molar-refractivity contribution in [2.24, 2.45) is 0 Å². The Kier molecular flexibility index (Phi) is 3.89. The molecule has 0 amide bonds. The molecule has 94 valence electrons. The Bertz CT molecular complexity index is 516. The molecule has 0 aliphatic heterocycles. The van der Waals surface area contributed by atoms with E-state index in [-0.39, 0.29) is 11.8 Å². The number of hydrogen-bond acceptors (Lipinski definition) is 3. The molecule has 0 radical (unpaired) electrons. The third-order valence-corrected chi connectivity index (χ3v) is 2.88. The molecule has 1 aromatic carbocycles. The molecule has 2 aromatic rings. The molecule has 4 heteroatoms. The van der Waals surface area contributed by atoms with E-state index in [0.717, 1.165) is 5.56 Å². The molecule has 18 heavy (non-hydrogen) atoms. The zero-order valence-corrected chi connectivity index (χ0v) is 10.1. The number of aromatic hydroxyl groups is 1. The Morgan fingerprint density at radius 2 is 2.00 bits per heavy atom. The first kappa shape index (κ1) is 12.5. The number of para-hydroxylation sites is 1. The lowest BCUT2D eigenvalue weighted by atomic mass is 10.1. The van der Waals surface area contributed by atoms with E-state index in [9.17, 15) is 9.50 Å². The minimum absolute atomic E-state index is 0.107. The predicted octanol–water partition coefficient (Wildman–Crippen LogP) is 2.78. The normalized spacial score (nSPS) is 12.3. The van der Waals surface area contributed by atoms with E-state index >= 15 is 0 Å². The quantitative estimate of drug-likeness (QED) is 0.872. The van der Waals surface area contributed by atoms with Crippen LogP contribution < -0.4 is 5.32 Å². The third-order valence-electron chi connectivity index (χ3n) is 2.88. The third kappa shape index (κ3) is 2.84. The van der Waals surface area contributed by atoms with E-state index in [0.29, 0.717) is 12.1 Å². The van der Waals surface area contributed by atoms with Crippen LogP contribution in [-0.4, -0.2) is 10.1 Å². The van der Waals surface area contributed by atoms with Crippen LogP contribution in [0, 0.1) is 5.82 Å². The Hall–Kier alpha value is -1.94. The van der Waals surface area contributed by atoms with E-state index in [4.69, 9.17) is 0 Å². The van der Waals surface area contributed by atoms with Crippen LogP contribution in [-0.2, 0) is 6.54 Å². The second-order valence-electron chi connectivity index (χ2n) is 4.13. The Morgan fingerprint density at radius 1 is 1.28 bits per heavy atom. The SMILES string of the molecule is CC(NCc1cccc(F)c1O)c1ccncc1. The number of benzene rings is 1. The number of nitrogens with zero attached hydrogens (tertiary/aromatic N) is 1. The molecule has 2 rings (SSSR count). The topological polar surface area (TPSA) is 45.1 Å². The van der Waals surface area contributed by atoms with Gasteiger partial charge in [-0.2, -0.15) is 0 Å². The molecule has 0 fully saturated rings. The fourth-order valence-corrected chi connectivity index (χ4v) is 1.74. The summed E-state index contributed by atoms with van der Waals surface area (Å²) in [5, 5.41) is 12.8. The number of phenols is 1. The van der Waals surface area contributed by atoms with E-state index in [2.05, 4.69) is 10.3 Å². The van der Waals surface area contributed by atoms with Crippen molar-refractivity contribution in [3.63, 3.8) is 0 Å². The van der Waals surface area contributed by atoms with E-state index < -0.39 is 5.82 Å². The van der Waals surface area contributed by atoms with Crippen molar-refractivity contribution in [1.29, 1.82) is 0 Å². The number of phenolic OH excluding ortho intramolecular Hbond substituents is 1. The second kappa shape index (κ2) is 5.60. The van der Waals surface area contributed by atoms with Crippen LogP contribution in [0.25, 0.3) is 0 Å². The number of pyridine rings is 1. The minimum Gasteiger partial charge on any atom is -0.505 e. The largest absolute Gasteiger partial charge is 0.505 e. The second-order valence-corrected chi connectivity index (χ2v) is 4.13. The maximum atomic E-state index is 13.1. The van der Waals surface area contributed by atoms with Crippen LogP contribution in [0.3, 0.4) is 0 Å². The van der Waals surface area contributed by atoms with Gasteiger partial charge in [0.25, 0.3) is 0 Å².